The maximum atomic E-state index is 11.2. The van der Waals surface area contributed by atoms with Crippen molar-refractivity contribution in [2.24, 2.45) is 0 Å². The number of halogens is 2. The monoisotopic (exact) mass is 226 g/mol. The molecule has 0 N–H and O–H groups in total. The summed E-state index contributed by atoms with van der Waals surface area (Å²) in [4.78, 5) is 22.4. The van der Waals surface area contributed by atoms with Gasteiger partial charge in [0.1, 0.15) is 33.3 Å². The van der Waals surface area contributed by atoms with Crippen molar-refractivity contribution in [3.8, 4) is 12.1 Å². The van der Waals surface area contributed by atoms with Crippen LogP contribution in [-0.4, -0.2) is 11.6 Å². The summed E-state index contributed by atoms with van der Waals surface area (Å²) < 4.78 is 0. The smallest absolute Gasteiger partial charge is 0.218 e. The van der Waals surface area contributed by atoms with Crippen molar-refractivity contribution in [2.45, 2.75) is 0 Å². The van der Waals surface area contributed by atoms with Crippen LogP contribution in [0.25, 0.3) is 0 Å². The van der Waals surface area contributed by atoms with Gasteiger partial charge in [-0.1, -0.05) is 23.2 Å². The quantitative estimate of drug-likeness (QED) is 0.581. The van der Waals surface area contributed by atoms with Crippen LogP contribution in [0.4, 0.5) is 0 Å². The first-order valence-corrected chi connectivity index (χ1v) is 3.99. The lowest BCUT2D eigenvalue weighted by Crippen LogP contribution is -2.18. The van der Waals surface area contributed by atoms with Crippen LogP contribution in [0.3, 0.4) is 0 Å². The highest BCUT2D eigenvalue weighted by atomic mass is 35.5. The molecule has 0 unspecified atom stereocenters. The molecule has 0 aromatic heterocycles. The van der Waals surface area contributed by atoms with Gasteiger partial charge in [-0.25, -0.2) is 0 Å². The fourth-order valence-electron chi connectivity index (χ4n) is 0.846. The van der Waals surface area contributed by atoms with Gasteiger partial charge in [-0.3, -0.25) is 9.59 Å². The van der Waals surface area contributed by atoms with E-state index < -0.39 is 32.8 Å². The summed E-state index contributed by atoms with van der Waals surface area (Å²) in [5.41, 5.74) is -1.05. The van der Waals surface area contributed by atoms with Crippen LogP contribution in [-0.2, 0) is 9.59 Å². The highest BCUT2D eigenvalue weighted by Gasteiger charge is 2.33. The first-order valence-electron chi connectivity index (χ1n) is 3.23. The van der Waals surface area contributed by atoms with Crippen molar-refractivity contribution >= 4 is 34.8 Å². The highest BCUT2D eigenvalue weighted by Crippen LogP contribution is 2.28. The number of allylic oxidation sites excluding steroid dienone is 4. The number of ketones is 2. The SMILES string of the molecule is N#CC1=C(Cl)C(=O)C(C#N)=C(Cl)C1=O. The van der Waals surface area contributed by atoms with E-state index >= 15 is 0 Å². The van der Waals surface area contributed by atoms with E-state index in [2.05, 4.69) is 0 Å². The van der Waals surface area contributed by atoms with Crippen LogP contribution < -0.4 is 0 Å². The number of carbonyl (C=O) groups is 2. The molecular weight excluding hydrogens is 227 g/mol. The molecule has 14 heavy (non-hydrogen) atoms. The summed E-state index contributed by atoms with van der Waals surface area (Å²) in [7, 11) is 0. The maximum absolute atomic E-state index is 11.2. The predicted octanol–water partition coefficient (Wildman–Crippen LogP) is 1.17. The van der Waals surface area contributed by atoms with Gasteiger partial charge in [0.15, 0.2) is 0 Å². The van der Waals surface area contributed by atoms with Gasteiger partial charge < -0.3 is 0 Å². The highest BCUT2D eigenvalue weighted by molar-refractivity contribution is 6.57. The van der Waals surface area contributed by atoms with E-state index in [0.29, 0.717) is 0 Å². The third kappa shape index (κ3) is 1.31. The van der Waals surface area contributed by atoms with Crippen LogP contribution in [0.2, 0.25) is 0 Å². The molecule has 1 rings (SSSR count). The molecule has 0 saturated carbocycles. The van der Waals surface area contributed by atoms with Crippen LogP contribution in [0.1, 0.15) is 0 Å². The average Bonchev–Trinajstić information content (AvgIpc) is 2.17. The largest absolute Gasteiger partial charge is 0.287 e. The summed E-state index contributed by atoms with van der Waals surface area (Å²) in [6.07, 6.45) is 0. The molecule has 4 nitrogen and oxygen atoms in total. The Balaban J connectivity index is 3.47. The summed E-state index contributed by atoms with van der Waals surface area (Å²) in [6, 6.07) is 2.92. The Morgan fingerprint density at radius 2 is 1.14 bits per heavy atom. The van der Waals surface area contributed by atoms with Crippen LogP contribution in [0.5, 0.6) is 0 Å². The lowest BCUT2D eigenvalue weighted by Gasteiger charge is -2.08. The van der Waals surface area contributed by atoms with E-state index in [4.69, 9.17) is 33.7 Å². The Morgan fingerprint density at radius 3 is 1.36 bits per heavy atom. The fraction of sp³-hybridized carbons (Fsp3) is 0. The minimum Gasteiger partial charge on any atom is -0.287 e. The van der Waals surface area contributed by atoms with Crippen molar-refractivity contribution < 1.29 is 9.59 Å². The zero-order valence-electron chi connectivity index (χ0n) is 6.47. The zero-order valence-corrected chi connectivity index (χ0v) is 7.98. The maximum Gasteiger partial charge on any atom is 0.218 e. The van der Waals surface area contributed by atoms with Gasteiger partial charge in [0.05, 0.1) is 0 Å². The van der Waals surface area contributed by atoms with Crippen LogP contribution >= 0.6 is 23.2 Å². The molecule has 1 aliphatic carbocycles. The first kappa shape index (κ1) is 10.5. The van der Waals surface area contributed by atoms with Gasteiger partial charge in [-0.2, -0.15) is 10.5 Å². The fourth-order valence-corrected chi connectivity index (χ4v) is 1.29. The van der Waals surface area contributed by atoms with E-state index in [-0.39, 0.29) is 0 Å². The summed E-state index contributed by atoms with van der Waals surface area (Å²) in [5, 5.41) is 15.9. The molecule has 0 aliphatic heterocycles. The minimum absolute atomic E-state index is 0.527. The summed E-state index contributed by atoms with van der Waals surface area (Å²) in [6.45, 7) is 0. The number of nitriles is 2. The summed E-state index contributed by atoms with van der Waals surface area (Å²) >= 11 is 10.8. The van der Waals surface area contributed by atoms with Gasteiger partial charge in [0.25, 0.3) is 0 Å². The van der Waals surface area contributed by atoms with E-state index in [1.165, 1.54) is 12.1 Å². The van der Waals surface area contributed by atoms with Gasteiger partial charge in [-0.15, -0.1) is 0 Å². The normalized spacial score (nSPS) is 16.9. The Hall–Kier alpha value is -1.62. The number of hydrogen-bond acceptors (Lipinski definition) is 4. The molecule has 0 fully saturated rings. The number of nitrogens with zero attached hydrogens (tertiary/aromatic N) is 2. The first-order chi connectivity index (χ1) is 6.54. The lowest BCUT2D eigenvalue weighted by molar-refractivity contribution is -0.115. The molecule has 0 radical (unpaired) electrons. The molecule has 0 saturated heterocycles. The van der Waals surface area contributed by atoms with Crippen molar-refractivity contribution in [2.75, 3.05) is 0 Å². The third-order valence-corrected chi connectivity index (χ3v) is 2.24. The van der Waals surface area contributed by atoms with Crippen LogP contribution in [0.15, 0.2) is 21.2 Å². The van der Waals surface area contributed by atoms with E-state index in [9.17, 15) is 9.59 Å². The molecule has 0 spiro atoms. The van der Waals surface area contributed by atoms with Crippen molar-refractivity contribution in [3.63, 3.8) is 0 Å². The van der Waals surface area contributed by atoms with Gasteiger partial charge in [0, 0.05) is 0 Å². The third-order valence-electron chi connectivity index (χ3n) is 1.52. The average molecular weight is 227 g/mol. The Morgan fingerprint density at radius 1 is 0.857 bits per heavy atom. The standard InChI is InChI=1S/C8Cl2N2O2/c9-5-3(1-11)7(13)6(10)4(2-12)8(5)14. The molecule has 0 aromatic rings. The molecule has 0 bridgehead atoms. The van der Waals surface area contributed by atoms with Crippen LogP contribution in [0, 0.1) is 22.7 Å². The van der Waals surface area contributed by atoms with E-state index in [1.54, 1.807) is 0 Å². The Kier molecular flexibility index (Phi) is 2.71. The second kappa shape index (κ2) is 3.63. The zero-order chi connectivity index (χ0) is 10.9. The molecule has 6 heteroatoms. The number of rotatable bonds is 0. The van der Waals surface area contributed by atoms with Gasteiger partial charge in [-0.05, 0) is 0 Å². The molecule has 0 heterocycles. The molecule has 1 aliphatic rings. The van der Waals surface area contributed by atoms with Crippen molar-refractivity contribution in [3.05, 3.63) is 21.2 Å². The number of hydrogen-bond donors (Lipinski definition) is 0. The molecule has 68 valence electrons. The second-order valence-corrected chi connectivity index (χ2v) is 3.02. The molecule has 0 amide bonds. The lowest BCUT2D eigenvalue weighted by atomic mass is 9.98. The Bertz CT molecular complexity index is 442. The second-order valence-electron chi connectivity index (χ2n) is 2.26. The molecule has 0 atom stereocenters. The minimum atomic E-state index is -0.893. The van der Waals surface area contributed by atoms with E-state index in [0.717, 1.165) is 0 Å². The van der Waals surface area contributed by atoms with Crippen molar-refractivity contribution in [1.82, 2.24) is 0 Å². The summed E-state index contributed by atoms with van der Waals surface area (Å²) in [5.74, 6) is -1.79. The molecular formula is C8Cl2N2O2. The van der Waals surface area contributed by atoms with E-state index in [1.807, 2.05) is 0 Å². The number of carbonyl (C=O) groups excluding carboxylic acids is 2. The topological polar surface area (TPSA) is 81.7 Å². The predicted molar refractivity (Wildman–Crippen MR) is 47.0 cm³/mol. The number of Topliss-reactive ketones (excluding diaryl/α,β-unsaturated/α-hetero) is 2. The Labute approximate surface area is 88.6 Å². The van der Waals surface area contributed by atoms with Crippen molar-refractivity contribution in [1.29, 1.82) is 10.5 Å². The molecule has 0 aromatic carbocycles. The van der Waals surface area contributed by atoms with Gasteiger partial charge in [0.2, 0.25) is 11.6 Å². The van der Waals surface area contributed by atoms with Gasteiger partial charge >= 0.3 is 0 Å².